The number of aromatic nitrogens is 1. The number of nitrogens with zero attached hydrogens (tertiary/aromatic N) is 2. The van der Waals surface area contributed by atoms with E-state index in [0.717, 1.165) is 13.0 Å². The van der Waals surface area contributed by atoms with Gasteiger partial charge in [0.1, 0.15) is 0 Å². The first-order valence-electron chi connectivity index (χ1n) is 5.96. The van der Waals surface area contributed by atoms with Crippen LogP contribution in [0.25, 0.3) is 0 Å². The third-order valence-corrected chi connectivity index (χ3v) is 2.57. The van der Waals surface area contributed by atoms with Crippen molar-refractivity contribution < 1.29 is 4.79 Å². The van der Waals surface area contributed by atoms with E-state index < -0.39 is 0 Å². The van der Waals surface area contributed by atoms with Gasteiger partial charge in [0, 0.05) is 32.0 Å². The Morgan fingerprint density at radius 1 is 1.41 bits per heavy atom. The van der Waals surface area contributed by atoms with Gasteiger partial charge in [-0.3, -0.25) is 9.78 Å². The zero-order chi connectivity index (χ0) is 12.7. The van der Waals surface area contributed by atoms with Crippen LogP contribution in [0.5, 0.6) is 0 Å². The van der Waals surface area contributed by atoms with E-state index >= 15 is 0 Å². The van der Waals surface area contributed by atoms with Gasteiger partial charge in [0.05, 0.1) is 6.54 Å². The van der Waals surface area contributed by atoms with E-state index in [1.807, 2.05) is 33.0 Å². The van der Waals surface area contributed by atoms with E-state index in [1.54, 1.807) is 17.3 Å². The van der Waals surface area contributed by atoms with Gasteiger partial charge in [0.25, 0.3) is 0 Å². The second-order valence-corrected chi connectivity index (χ2v) is 4.46. The number of likely N-dealkylation sites (N-methyl/N-ethyl adjacent to an activating group) is 1. The van der Waals surface area contributed by atoms with Crippen LogP contribution in [0.2, 0.25) is 0 Å². The van der Waals surface area contributed by atoms with Gasteiger partial charge in [0.2, 0.25) is 5.91 Å². The fourth-order valence-electron chi connectivity index (χ4n) is 1.40. The molecule has 1 aromatic heterocycles. The molecular formula is C13H21N3O. The molecule has 0 saturated carbocycles. The van der Waals surface area contributed by atoms with E-state index in [9.17, 15) is 4.79 Å². The lowest BCUT2D eigenvalue weighted by Gasteiger charge is -2.18. The number of hydrogen-bond donors (Lipinski definition) is 1. The molecule has 0 aliphatic heterocycles. The van der Waals surface area contributed by atoms with Crippen molar-refractivity contribution in [1.82, 2.24) is 15.2 Å². The van der Waals surface area contributed by atoms with Crippen molar-refractivity contribution in [3.63, 3.8) is 0 Å². The molecule has 4 heteroatoms. The predicted molar refractivity (Wildman–Crippen MR) is 68.7 cm³/mol. The van der Waals surface area contributed by atoms with Crippen molar-refractivity contribution >= 4 is 5.91 Å². The fraction of sp³-hybridized carbons (Fsp3) is 0.538. The maximum Gasteiger partial charge on any atom is 0.236 e. The molecule has 0 aliphatic rings. The average molecular weight is 235 g/mol. The molecule has 0 spiro atoms. The molecule has 0 atom stereocenters. The van der Waals surface area contributed by atoms with Crippen LogP contribution < -0.4 is 5.32 Å². The first-order valence-corrected chi connectivity index (χ1v) is 5.96. The van der Waals surface area contributed by atoms with Gasteiger partial charge in [-0.1, -0.05) is 13.8 Å². The lowest BCUT2D eigenvalue weighted by atomic mass is 10.2. The molecule has 17 heavy (non-hydrogen) atoms. The second kappa shape index (κ2) is 7.01. The molecule has 1 rings (SSSR count). The Morgan fingerprint density at radius 2 is 2.06 bits per heavy atom. The van der Waals surface area contributed by atoms with E-state index in [-0.39, 0.29) is 5.91 Å². The Kier molecular flexibility index (Phi) is 5.63. The molecule has 0 bridgehead atoms. The summed E-state index contributed by atoms with van der Waals surface area (Å²) in [6.45, 7) is 5.21. The minimum atomic E-state index is 0.132. The Bertz CT molecular complexity index is 338. The van der Waals surface area contributed by atoms with Crippen molar-refractivity contribution in [1.29, 1.82) is 0 Å². The van der Waals surface area contributed by atoms with Crippen molar-refractivity contribution in [2.24, 2.45) is 0 Å². The van der Waals surface area contributed by atoms with Crippen LogP contribution >= 0.6 is 0 Å². The summed E-state index contributed by atoms with van der Waals surface area (Å²) in [6.07, 6.45) is 4.42. The molecule has 0 aromatic carbocycles. The Labute approximate surface area is 103 Å². The molecule has 0 aliphatic carbocycles. The van der Waals surface area contributed by atoms with Crippen LogP contribution in [0.15, 0.2) is 24.5 Å². The highest BCUT2D eigenvalue weighted by atomic mass is 16.2. The Balaban J connectivity index is 2.29. The van der Waals surface area contributed by atoms with Gasteiger partial charge < -0.3 is 10.2 Å². The smallest absolute Gasteiger partial charge is 0.236 e. The maximum absolute atomic E-state index is 11.7. The number of amides is 1. The summed E-state index contributed by atoms with van der Waals surface area (Å²) in [5.41, 5.74) is 1.21. The number of hydrogen-bond acceptors (Lipinski definition) is 3. The van der Waals surface area contributed by atoms with E-state index in [0.29, 0.717) is 12.6 Å². The van der Waals surface area contributed by atoms with Crippen LogP contribution in [0.3, 0.4) is 0 Å². The topological polar surface area (TPSA) is 45.2 Å². The van der Waals surface area contributed by atoms with Crippen molar-refractivity contribution in [3.8, 4) is 0 Å². The lowest BCUT2D eigenvalue weighted by Crippen LogP contribution is -2.38. The highest BCUT2D eigenvalue weighted by Crippen LogP contribution is 1.99. The number of carbonyl (C=O) groups excluding carboxylic acids is 1. The average Bonchev–Trinajstić information content (AvgIpc) is 2.34. The molecule has 1 aromatic rings. The van der Waals surface area contributed by atoms with Crippen LogP contribution in [0, 0.1) is 0 Å². The SMILES string of the molecule is CC(C)NCC(=O)N(C)CCc1ccncc1. The third-order valence-electron chi connectivity index (χ3n) is 2.57. The van der Waals surface area contributed by atoms with Crippen LogP contribution in [-0.4, -0.2) is 42.0 Å². The molecule has 1 amide bonds. The summed E-state index contributed by atoms with van der Waals surface area (Å²) in [4.78, 5) is 17.4. The molecule has 94 valence electrons. The highest BCUT2D eigenvalue weighted by Gasteiger charge is 2.08. The summed E-state index contributed by atoms with van der Waals surface area (Å²) >= 11 is 0. The first-order chi connectivity index (χ1) is 8.09. The van der Waals surface area contributed by atoms with Gasteiger partial charge in [0.15, 0.2) is 0 Å². The Hall–Kier alpha value is -1.42. The minimum absolute atomic E-state index is 0.132. The standard InChI is InChI=1S/C13H21N3O/c1-11(2)15-10-13(17)16(3)9-6-12-4-7-14-8-5-12/h4-5,7-8,11,15H,6,9-10H2,1-3H3. The normalized spacial score (nSPS) is 10.6. The van der Waals surface area contributed by atoms with Crippen LogP contribution in [0.4, 0.5) is 0 Å². The van der Waals surface area contributed by atoms with Crippen LogP contribution in [-0.2, 0) is 11.2 Å². The van der Waals surface area contributed by atoms with Gasteiger partial charge in [-0.25, -0.2) is 0 Å². The maximum atomic E-state index is 11.7. The molecular weight excluding hydrogens is 214 g/mol. The Morgan fingerprint density at radius 3 is 2.65 bits per heavy atom. The number of nitrogens with one attached hydrogen (secondary N) is 1. The molecule has 0 saturated heterocycles. The van der Waals surface area contributed by atoms with Gasteiger partial charge >= 0.3 is 0 Å². The summed E-state index contributed by atoms with van der Waals surface area (Å²) in [5.74, 6) is 0.132. The summed E-state index contributed by atoms with van der Waals surface area (Å²) < 4.78 is 0. The van der Waals surface area contributed by atoms with Gasteiger partial charge in [-0.15, -0.1) is 0 Å². The minimum Gasteiger partial charge on any atom is -0.344 e. The molecule has 0 radical (unpaired) electrons. The lowest BCUT2D eigenvalue weighted by molar-refractivity contribution is -0.129. The number of carbonyl (C=O) groups is 1. The van der Waals surface area contributed by atoms with E-state index in [4.69, 9.17) is 0 Å². The van der Waals surface area contributed by atoms with Crippen molar-refractivity contribution in [3.05, 3.63) is 30.1 Å². The van der Waals surface area contributed by atoms with E-state index in [2.05, 4.69) is 10.3 Å². The van der Waals surface area contributed by atoms with Gasteiger partial charge in [-0.05, 0) is 24.1 Å². The van der Waals surface area contributed by atoms with E-state index in [1.165, 1.54) is 5.56 Å². The zero-order valence-corrected chi connectivity index (χ0v) is 10.8. The van der Waals surface area contributed by atoms with Crippen molar-refractivity contribution in [2.45, 2.75) is 26.3 Å². The molecule has 1 N–H and O–H groups in total. The molecule has 0 fully saturated rings. The molecule has 4 nitrogen and oxygen atoms in total. The monoisotopic (exact) mass is 235 g/mol. The molecule has 1 heterocycles. The first kappa shape index (κ1) is 13.6. The molecule has 0 unspecified atom stereocenters. The highest BCUT2D eigenvalue weighted by molar-refractivity contribution is 5.77. The predicted octanol–water partition coefficient (Wildman–Crippen LogP) is 1.08. The fourth-order valence-corrected chi connectivity index (χ4v) is 1.40. The largest absolute Gasteiger partial charge is 0.344 e. The van der Waals surface area contributed by atoms with Crippen LogP contribution in [0.1, 0.15) is 19.4 Å². The van der Waals surface area contributed by atoms with Gasteiger partial charge in [-0.2, -0.15) is 0 Å². The van der Waals surface area contributed by atoms with Crippen molar-refractivity contribution in [2.75, 3.05) is 20.1 Å². The third kappa shape index (κ3) is 5.45. The summed E-state index contributed by atoms with van der Waals surface area (Å²) in [6, 6.07) is 4.29. The number of pyridine rings is 1. The summed E-state index contributed by atoms with van der Waals surface area (Å²) in [5, 5.41) is 3.12. The second-order valence-electron chi connectivity index (χ2n) is 4.46. The zero-order valence-electron chi connectivity index (χ0n) is 10.8. The quantitative estimate of drug-likeness (QED) is 0.802. The summed E-state index contributed by atoms with van der Waals surface area (Å²) in [7, 11) is 1.84. The number of rotatable bonds is 6.